The molecule has 1 amide bonds. The summed E-state index contributed by atoms with van der Waals surface area (Å²) in [7, 11) is 0. The zero-order valence-corrected chi connectivity index (χ0v) is 19.8. The van der Waals surface area contributed by atoms with E-state index in [0.717, 1.165) is 35.6 Å². The Kier molecular flexibility index (Phi) is 8.11. The van der Waals surface area contributed by atoms with Crippen LogP contribution in [-0.4, -0.2) is 17.7 Å². The summed E-state index contributed by atoms with van der Waals surface area (Å²) in [6.07, 6.45) is 3.54. The summed E-state index contributed by atoms with van der Waals surface area (Å²) in [6, 6.07) is 30.7. The molecule has 4 aromatic carbocycles. The van der Waals surface area contributed by atoms with Gasteiger partial charge in [-0.05, 0) is 71.8 Å². The van der Waals surface area contributed by atoms with Crippen molar-refractivity contribution in [2.45, 2.75) is 38.1 Å². The van der Waals surface area contributed by atoms with Gasteiger partial charge in [-0.25, -0.2) is 0 Å². The molecule has 4 rings (SSSR count). The number of aryl methyl sites for hydroxylation is 1. The van der Waals surface area contributed by atoms with Gasteiger partial charge in [0.2, 0.25) is 0 Å². The van der Waals surface area contributed by atoms with Crippen molar-refractivity contribution >= 4 is 34.1 Å². The third-order valence-electron chi connectivity index (χ3n) is 6.04. The van der Waals surface area contributed by atoms with Crippen LogP contribution in [0.1, 0.15) is 40.7 Å². The summed E-state index contributed by atoms with van der Waals surface area (Å²) in [6.45, 7) is 0. The predicted molar refractivity (Wildman–Crippen MR) is 139 cm³/mol. The van der Waals surface area contributed by atoms with E-state index < -0.39 is 6.04 Å². The van der Waals surface area contributed by atoms with Crippen LogP contribution in [0.25, 0.3) is 10.8 Å². The van der Waals surface area contributed by atoms with Gasteiger partial charge in [-0.15, -0.1) is 0 Å². The number of Topliss-reactive ketones (excluding diaryl/α,β-unsaturated/α-hetero) is 1. The Morgan fingerprint density at radius 2 is 1.44 bits per heavy atom. The molecule has 0 aliphatic carbocycles. The summed E-state index contributed by atoms with van der Waals surface area (Å²) < 4.78 is 0. The second-order valence-electron chi connectivity index (χ2n) is 8.58. The average molecular weight is 470 g/mol. The Balaban J connectivity index is 1.43. The molecule has 0 spiro atoms. The number of amides is 1. The molecule has 1 N–H and O–H groups in total. The Morgan fingerprint density at radius 3 is 2.21 bits per heavy atom. The molecule has 0 unspecified atom stereocenters. The molecule has 0 bridgehead atoms. The highest BCUT2D eigenvalue weighted by atomic mass is 35.5. The number of carbonyl (C=O) groups excluding carboxylic acids is 2. The Morgan fingerprint density at radius 1 is 0.735 bits per heavy atom. The minimum absolute atomic E-state index is 0.0529. The maximum absolute atomic E-state index is 13.2. The summed E-state index contributed by atoms with van der Waals surface area (Å²) in [5.74, 6) is -0.181. The highest BCUT2D eigenvalue weighted by Gasteiger charge is 2.22. The van der Waals surface area contributed by atoms with E-state index in [1.807, 2.05) is 78.9 Å². The van der Waals surface area contributed by atoms with Gasteiger partial charge in [-0.3, -0.25) is 9.59 Å². The van der Waals surface area contributed by atoms with Gasteiger partial charge in [0.1, 0.15) is 0 Å². The van der Waals surface area contributed by atoms with E-state index in [0.29, 0.717) is 23.4 Å². The SMILES string of the molecule is O=C(N[C@H](Cc1ccc(Cl)cc1)C(=O)CCCCc1ccccc1)c1ccc2ccccc2c1. The van der Waals surface area contributed by atoms with Gasteiger partial charge in [-0.2, -0.15) is 0 Å². The molecule has 34 heavy (non-hydrogen) atoms. The average Bonchev–Trinajstić information content (AvgIpc) is 2.87. The fraction of sp³-hybridized carbons (Fsp3) is 0.200. The van der Waals surface area contributed by atoms with Crippen molar-refractivity contribution in [1.82, 2.24) is 5.32 Å². The number of carbonyl (C=O) groups is 2. The number of nitrogens with one attached hydrogen (secondary N) is 1. The fourth-order valence-corrected chi connectivity index (χ4v) is 4.25. The molecule has 4 aromatic rings. The number of fused-ring (bicyclic) bond motifs is 1. The molecule has 172 valence electrons. The standard InChI is InChI=1S/C30H28ClNO2/c31-27-18-14-23(15-19-27)20-28(29(33)13-7-4-10-22-8-2-1-3-9-22)32-30(34)26-17-16-24-11-5-6-12-25(24)21-26/h1-3,5-6,8-9,11-12,14-19,21,28H,4,7,10,13,20H2,(H,32,34)/t28-/m1/s1. The van der Waals surface area contributed by atoms with Crippen LogP contribution in [0.2, 0.25) is 5.02 Å². The molecule has 0 aliphatic rings. The van der Waals surface area contributed by atoms with E-state index in [1.165, 1.54) is 5.56 Å². The van der Waals surface area contributed by atoms with Crippen LogP contribution in [-0.2, 0) is 17.6 Å². The second-order valence-corrected chi connectivity index (χ2v) is 9.01. The van der Waals surface area contributed by atoms with E-state index in [9.17, 15) is 9.59 Å². The summed E-state index contributed by atoms with van der Waals surface area (Å²) in [5, 5.41) is 5.72. The minimum atomic E-state index is -0.586. The van der Waals surface area contributed by atoms with Gasteiger partial charge in [0.25, 0.3) is 5.91 Å². The Labute approximate surface area is 205 Å². The van der Waals surface area contributed by atoms with Gasteiger partial charge in [0, 0.05) is 17.0 Å². The molecular formula is C30H28ClNO2. The monoisotopic (exact) mass is 469 g/mol. The number of rotatable bonds is 10. The zero-order valence-electron chi connectivity index (χ0n) is 19.0. The molecule has 0 fully saturated rings. The smallest absolute Gasteiger partial charge is 0.251 e. The number of hydrogen-bond donors (Lipinski definition) is 1. The molecule has 0 saturated heterocycles. The molecule has 0 saturated carbocycles. The normalized spacial score (nSPS) is 11.8. The van der Waals surface area contributed by atoms with Crippen LogP contribution >= 0.6 is 11.6 Å². The third kappa shape index (κ3) is 6.55. The van der Waals surface area contributed by atoms with E-state index in [-0.39, 0.29) is 11.7 Å². The predicted octanol–water partition coefficient (Wildman–Crippen LogP) is 6.82. The third-order valence-corrected chi connectivity index (χ3v) is 6.29. The van der Waals surface area contributed by atoms with E-state index >= 15 is 0 Å². The lowest BCUT2D eigenvalue weighted by atomic mass is 9.97. The van der Waals surface area contributed by atoms with Crippen LogP contribution in [0, 0.1) is 0 Å². The quantitative estimate of drug-likeness (QED) is 0.259. The van der Waals surface area contributed by atoms with Crippen molar-refractivity contribution in [3.05, 3.63) is 119 Å². The Bertz CT molecular complexity index is 1250. The van der Waals surface area contributed by atoms with Crippen molar-refractivity contribution in [3.63, 3.8) is 0 Å². The van der Waals surface area contributed by atoms with Crippen molar-refractivity contribution in [1.29, 1.82) is 0 Å². The molecule has 4 heteroatoms. The lowest BCUT2D eigenvalue weighted by molar-refractivity contribution is -0.121. The van der Waals surface area contributed by atoms with Crippen LogP contribution in [0.4, 0.5) is 0 Å². The number of halogens is 1. The number of unbranched alkanes of at least 4 members (excludes halogenated alkanes) is 1. The van der Waals surface area contributed by atoms with E-state index in [4.69, 9.17) is 11.6 Å². The van der Waals surface area contributed by atoms with Crippen LogP contribution in [0.5, 0.6) is 0 Å². The van der Waals surface area contributed by atoms with Crippen LogP contribution in [0.15, 0.2) is 97.1 Å². The largest absolute Gasteiger partial charge is 0.342 e. The van der Waals surface area contributed by atoms with Gasteiger partial charge in [0.15, 0.2) is 5.78 Å². The first-order valence-corrected chi connectivity index (χ1v) is 12.1. The second kappa shape index (κ2) is 11.6. The maximum Gasteiger partial charge on any atom is 0.251 e. The van der Waals surface area contributed by atoms with Crippen molar-refractivity contribution in [2.75, 3.05) is 0 Å². The molecule has 0 radical (unpaired) electrons. The first kappa shape index (κ1) is 23.7. The topological polar surface area (TPSA) is 46.2 Å². The van der Waals surface area contributed by atoms with Crippen LogP contribution in [0.3, 0.4) is 0 Å². The van der Waals surface area contributed by atoms with Crippen molar-refractivity contribution in [2.24, 2.45) is 0 Å². The van der Waals surface area contributed by atoms with Crippen LogP contribution < -0.4 is 5.32 Å². The highest BCUT2D eigenvalue weighted by molar-refractivity contribution is 6.30. The van der Waals surface area contributed by atoms with Crippen molar-refractivity contribution in [3.8, 4) is 0 Å². The molecule has 0 aromatic heterocycles. The maximum atomic E-state index is 13.2. The lowest BCUT2D eigenvalue weighted by Gasteiger charge is -2.18. The van der Waals surface area contributed by atoms with Crippen molar-refractivity contribution < 1.29 is 9.59 Å². The zero-order chi connectivity index (χ0) is 23.8. The summed E-state index contributed by atoms with van der Waals surface area (Å²) in [5.41, 5.74) is 2.79. The molecule has 1 atom stereocenters. The minimum Gasteiger partial charge on any atom is -0.342 e. The molecule has 0 heterocycles. The summed E-state index contributed by atoms with van der Waals surface area (Å²) >= 11 is 6.02. The molecule has 3 nitrogen and oxygen atoms in total. The Hall–Kier alpha value is -3.43. The first-order chi connectivity index (χ1) is 16.6. The summed E-state index contributed by atoms with van der Waals surface area (Å²) in [4.78, 5) is 26.2. The van der Waals surface area contributed by atoms with E-state index in [1.54, 1.807) is 6.07 Å². The number of hydrogen-bond acceptors (Lipinski definition) is 2. The van der Waals surface area contributed by atoms with Gasteiger partial charge < -0.3 is 5.32 Å². The fourth-order valence-electron chi connectivity index (χ4n) is 4.12. The number of ketones is 1. The van der Waals surface area contributed by atoms with Gasteiger partial charge in [0.05, 0.1) is 6.04 Å². The molecule has 0 aliphatic heterocycles. The highest BCUT2D eigenvalue weighted by Crippen LogP contribution is 2.17. The lowest BCUT2D eigenvalue weighted by Crippen LogP contribution is -2.42. The first-order valence-electron chi connectivity index (χ1n) is 11.7. The number of benzene rings is 4. The van der Waals surface area contributed by atoms with Gasteiger partial charge >= 0.3 is 0 Å². The van der Waals surface area contributed by atoms with E-state index in [2.05, 4.69) is 17.4 Å². The van der Waals surface area contributed by atoms with Gasteiger partial charge in [-0.1, -0.05) is 84.4 Å². The molecular weight excluding hydrogens is 442 g/mol.